The summed E-state index contributed by atoms with van der Waals surface area (Å²) in [6, 6.07) is 23.5. The molecular weight excluding hydrogens is 508 g/mol. The Bertz CT molecular complexity index is 1690. The Balaban J connectivity index is 1.41. The van der Waals surface area contributed by atoms with Crippen molar-refractivity contribution in [3.63, 3.8) is 0 Å². The van der Waals surface area contributed by atoms with Crippen LogP contribution in [0.1, 0.15) is 62.0 Å². The third-order valence-electron chi connectivity index (χ3n) is 9.17. The fourth-order valence-electron chi connectivity index (χ4n) is 7.41. The zero-order chi connectivity index (χ0) is 27.9. The predicted octanol–water partition coefficient (Wildman–Crippen LogP) is 7.29. The standard InChI is InChI=1S/C36H36N2O3/c1-41-21-9-20-38-30-16-7-18-32(39)35(30)34(36-31(38)17-8-19-33(36)40)28-23-37(29-15-5-4-14-27(28)29)22-25-12-6-11-24-10-2-3-13-26(24)25/h2-6,10-15,23,34H,7-9,16-22H2,1H3. The van der Waals surface area contributed by atoms with Crippen LogP contribution in [0.4, 0.5) is 0 Å². The first-order valence-electron chi connectivity index (χ1n) is 15.0. The lowest BCUT2D eigenvalue weighted by Gasteiger charge is -2.44. The number of ketones is 2. The van der Waals surface area contributed by atoms with Gasteiger partial charge in [0.1, 0.15) is 0 Å². The van der Waals surface area contributed by atoms with Crippen LogP contribution in [-0.2, 0) is 20.9 Å². The second-order valence-electron chi connectivity index (χ2n) is 11.6. The minimum atomic E-state index is -0.307. The maximum atomic E-state index is 13.8. The van der Waals surface area contributed by atoms with Crippen LogP contribution in [0.3, 0.4) is 0 Å². The molecule has 0 radical (unpaired) electrons. The Morgan fingerprint density at radius 1 is 0.780 bits per heavy atom. The maximum Gasteiger partial charge on any atom is 0.161 e. The number of Topliss-reactive ketones (excluding diaryl/α,β-unsaturated/α-hetero) is 2. The first kappa shape index (κ1) is 26.0. The molecule has 0 amide bonds. The van der Waals surface area contributed by atoms with Crippen LogP contribution in [0.5, 0.6) is 0 Å². The van der Waals surface area contributed by atoms with Crippen molar-refractivity contribution in [1.82, 2.24) is 9.47 Å². The zero-order valence-corrected chi connectivity index (χ0v) is 23.7. The molecule has 208 valence electrons. The highest BCUT2D eigenvalue weighted by atomic mass is 16.5. The average Bonchev–Trinajstić information content (AvgIpc) is 3.35. The van der Waals surface area contributed by atoms with E-state index in [2.05, 4.69) is 82.4 Å². The van der Waals surface area contributed by atoms with Crippen molar-refractivity contribution in [3.8, 4) is 0 Å². The smallest absolute Gasteiger partial charge is 0.161 e. The minimum Gasteiger partial charge on any atom is -0.385 e. The van der Waals surface area contributed by atoms with E-state index in [0.29, 0.717) is 19.4 Å². The van der Waals surface area contributed by atoms with Crippen molar-refractivity contribution in [3.05, 3.63) is 107 Å². The molecule has 2 heterocycles. The number of ether oxygens (including phenoxy) is 1. The lowest BCUT2D eigenvalue weighted by Crippen LogP contribution is -2.39. The molecule has 0 fully saturated rings. The highest BCUT2D eigenvalue weighted by molar-refractivity contribution is 6.07. The molecule has 4 aromatic rings. The summed E-state index contributed by atoms with van der Waals surface area (Å²) in [7, 11) is 1.73. The number of nitrogens with zero attached hydrogens (tertiary/aromatic N) is 2. The molecule has 1 aliphatic heterocycles. The molecule has 0 saturated heterocycles. The molecule has 0 bridgehead atoms. The van der Waals surface area contributed by atoms with Crippen LogP contribution in [0.25, 0.3) is 21.7 Å². The second-order valence-corrected chi connectivity index (χ2v) is 11.6. The molecule has 1 aromatic heterocycles. The largest absolute Gasteiger partial charge is 0.385 e. The van der Waals surface area contributed by atoms with Crippen LogP contribution in [0, 0.1) is 0 Å². The first-order chi connectivity index (χ1) is 20.2. The van der Waals surface area contributed by atoms with E-state index in [1.165, 1.54) is 16.3 Å². The van der Waals surface area contributed by atoms with Crippen molar-refractivity contribution in [2.24, 2.45) is 0 Å². The maximum absolute atomic E-state index is 13.8. The minimum absolute atomic E-state index is 0.198. The van der Waals surface area contributed by atoms with Gasteiger partial charge in [-0.05, 0) is 60.1 Å². The van der Waals surface area contributed by atoms with Gasteiger partial charge >= 0.3 is 0 Å². The number of rotatable bonds is 7. The lowest BCUT2D eigenvalue weighted by molar-refractivity contribution is -0.117. The molecule has 0 saturated carbocycles. The van der Waals surface area contributed by atoms with Crippen LogP contribution < -0.4 is 0 Å². The number of benzene rings is 3. The van der Waals surface area contributed by atoms with E-state index in [0.717, 1.165) is 84.2 Å². The van der Waals surface area contributed by atoms with E-state index in [1.807, 2.05) is 0 Å². The van der Waals surface area contributed by atoms with Gasteiger partial charge in [0.15, 0.2) is 11.6 Å². The fraction of sp³-hybridized carbons (Fsp3) is 0.333. The van der Waals surface area contributed by atoms with Gasteiger partial charge in [0, 0.05) is 85.2 Å². The normalized spacial score (nSPS) is 18.0. The monoisotopic (exact) mass is 544 g/mol. The van der Waals surface area contributed by atoms with E-state index in [4.69, 9.17) is 4.74 Å². The molecule has 41 heavy (non-hydrogen) atoms. The number of fused-ring (bicyclic) bond motifs is 2. The molecule has 3 aromatic carbocycles. The summed E-state index contributed by atoms with van der Waals surface area (Å²) in [6.45, 7) is 2.16. The van der Waals surface area contributed by atoms with Gasteiger partial charge in [-0.15, -0.1) is 0 Å². The van der Waals surface area contributed by atoms with Gasteiger partial charge in [-0.3, -0.25) is 9.59 Å². The molecule has 7 rings (SSSR count). The fourth-order valence-corrected chi connectivity index (χ4v) is 7.41. The summed E-state index contributed by atoms with van der Waals surface area (Å²) >= 11 is 0. The van der Waals surface area contributed by atoms with Gasteiger partial charge in [-0.1, -0.05) is 60.7 Å². The SMILES string of the molecule is COCCCN1C2=C(C(=O)CCC2)C(c2cn(Cc3cccc4ccccc34)c3ccccc23)C2=C1CCCC2=O. The summed E-state index contributed by atoms with van der Waals surface area (Å²) in [6.07, 6.45) is 7.68. The predicted molar refractivity (Wildman–Crippen MR) is 163 cm³/mol. The van der Waals surface area contributed by atoms with Gasteiger partial charge < -0.3 is 14.2 Å². The van der Waals surface area contributed by atoms with Crippen molar-refractivity contribution in [2.75, 3.05) is 20.3 Å². The Kier molecular flexibility index (Phi) is 6.83. The Morgan fingerprint density at radius 3 is 2.17 bits per heavy atom. The Morgan fingerprint density at radius 2 is 1.44 bits per heavy atom. The topological polar surface area (TPSA) is 51.5 Å². The summed E-state index contributed by atoms with van der Waals surface area (Å²) < 4.78 is 7.69. The van der Waals surface area contributed by atoms with E-state index in [-0.39, 0.29) is 17.5 Å². The van der Waals surface area contributed by atoms with E-state index >= 15 is 0 Å². The Hall–Kier alpha value is -3.96. The van der Waals surface area contributed by atoms with Gasteiger partial charge in [0.2, 0.25) is 0 Å². The quantitative estimate of drug-likeness (QED) is 0.229. The highest BCUT2D eigenvalue weighted by Gasteiger charge is 2.44. The van der Waals surface area contributed by atoms with Gasteiger partial charge in [0.05, 0.1) is 0 Å². The summed E-state index contributed by atoms with van der Waals surface area (Å²) in [4.78, 5) is 29.9. The van der Waals surface area contributed by atoms with Crippen molar-refractivity contribution >= 4 is 33.2 Å². The first-order valence-corrected chi connectivity index (χ1v) is 15.0. The number of carbonyl (C=O) groups is 2. The molecule has 2 aliphatic carbocycles. The van der Waals surface area contributed by atoms with Crippen molar-refractivity contribution in [1.29, 1.82) is 0 Å². The molecule has 0 unspecified atom stereocenters. The van der Waals surface area contributed by atoms with Crippen LogP contribution >= 0.6 is 0 Å². The molecule has 0 spiro atoms. The summed E-state index contributed by atoms with van der Waals surface area (Å²) in [5.74, 6) is 0.0885. The number of allylic oxidation sites excluding steroid dienone is 4. The van der Waals surface area contributed by atoms with Crippen LogP contribution in [0.15, 0.2) is 95.5 Å². The van der Waals surface area contributed by atoms with E-state index in [9.17, 15) is 9.59 Å². The Labute approximate surface area is 241 Å². The molecule has 5 heteroatoms. The third-order valence-corrected chi connectivity index (χ3v) is 9.17. The third kappa shape index (κ3) is 4.43. The number of para-hydroxylation sites is 1. The number of hydrogen-bond acceptors (Lipinski definition) is 4. The molecule has 0 atom stereocenters. The van der Waals surface area contributed by atoms with Gasteiger partial charge in [-0.25, -0.2) is 0 Å². The molecule has 3 aliphatic rings. The average molecular weight is 545 g/mol. The highest BCUT2D eigenvalue weighted by Crippen LogP contribution is 2.50. The van der Waals surface area contributed by atoms with Crippen molar-refractivity contribution < 1.29 is 14.3 Å². The zero-order valence-electron chi connectivity index (χ0n) is 23.7. The summed E-state index contributed by atoms with van der Waals surface area (Å²) in [5.41, 5.74) is 7.47. The van der Waals surface area contributed by atoms with Crippen LogP contribution in [-0.4, -0.2) is 41.3 Å². The van der Waals surface area contributed by atoms with E-state index < -0.39 is 0 Å². The van der Waals surface area contributed by atoms with E-state index in [1.54, 1.807) is 7.11 Å². The molecule has 0 N–H and O–H groups in total. The lowest BCUT2D eigenvalue weighted by atomic mass is 9.71. The second kappa shape index (κ2) is 10.8. The van der Waals surface area contributed by atoms with Gasteiger partial charge in [-0.2, -0.15) is 0 Å². The number of carbonyl (C=O) groups excluding carboxylic acids is 2. The van der Waals surface area contributed by atoms with Crippen molar-refractivity contribution in [2.45, 2.75) is 57.4 Å². The number of aromatic nitrogens is 1. The summed E-state index contributed by atoms with van der Waals surface area (Å²) in [5, 5.41) is 3.60. The number of methoxy groups -OCH3 is 1. The molecular formula is C36H36N2O3. The van der Waals surface area contributed by atoms with Gasteiger partial charge in [0.25, 0.3) is 0 Å². The molecule has 5 nitrogen and oxygen atoms in total. The number of hydrogen-bond donors (Lipinski definition) is 0. The van der Waals surface area contributed by atoms with Crippen LogP contribution in [0.2, 0.25) is 0 Å².